The number of fused-ring (bicyclic) bond motifs is 1. The number of amides is 2. The summed E-state index contributed by atoms with van der Waals surface area (Å²) in [5.41, 5.74) is 0. The number of thiophene rings is 1. The third-order valence-electron chi connectivity index (χ3n) is 4.83. The van der Waals surface area contributed by atoms with Gasteiger partial charge in [-0.3, -0.25) is 9.59 Å². The van der Waals surface area contributed by atoms with E-state index in [4.69, 9.17) is 0 Å². The van der Waals surface area contributed by atoms with Gasteiger partial charge in [-0.05, 0) is 36.1 Å². The van der Waals surface area contributed by atoms with E-state index in [1.807, 2.05) is 5.38 Å². The minimum absolute atomic E-state index is 0.0946. The standard InChI is InChI=1S/C16H20N2O4S/c19-13(6-7-17-15(20)12-5-2-8-23-12)18-9-10-3-1-4-11(10)14(18)16(21)22/h2,5,8,10-11,14H,1,3-4,6-7,9H2,(H,17,20)(H,21,22). The Bertz CT molecular complexity index is 601. The van der Waals surface area contributed by atoms with Gasteiger partial charge < -0.3 is 15.3 Å². The molecule has 3 rings (SSSR count). The number of carboxylic acid groups (broad SMARTS) is 1. The van der Waals surface area contributed by atoms with Crippen LogP contribution in [-0.2, 0) is 9.59 Å². The number of carboxylic acids is 1. The zero-order valence-electron chi connectivity index (χ0n) is 12.7. The van der Waals surface area contributed by atoms with Crippen LogP contribution in [0.3, 0.4) is 0 Å². The number of carbonyl (C=O) groups is 3. The van der Waals surface area contributed by atoms with Gasteiger partial charge in [-0.15, -0.1) is 11.3 Å². The van der Waals surface area contributed by atoms with E-state index in [9.17, 15) is 19.5 Å². The van der Waals surface area contributed by atoms with Crippen molar-refractivity contribution in [2.45, 2.75) is 31.7 Å². The van der Waals surface area contributed by atoms with E-state index in [2.05, 4.69) is 5.32 Å². The highest BCUT2D eigenvalue weighted by Gasteiger charge is 2.49. The molecule has 1 aromatic rings. The second kappa shape index (κ2) is 6.70. The maximum Gasteiger partial charge on any atom is 0.326 e. The van der Waals surface area contributed by atoms with E-state index in [-0.39, 0.29) is 30.7 Å². The lowest BCUT2D eigenvalue weighted by Crippen LogP contribution is -2.44. The summed E-state index contributed by atoms with van der Waals surface area (Å²) < 4.78 is 0. The summed E-state index contributed by atoms with van der Waals surface area (Å²) in [6, 6.07) is 2.83. The fraction of sp³-hybridized carbons (Fsp3) is 0.562. The predicted octanol–water partition coefficient (Wildman–Crippen LogP) is 1.58. The lowest BCUT2D eigenvalue weighted by Gasteiger charge is -2.24. The molecule has 1 saturated heterocycles. The van der Waals surface area contributed by atoms with Crippen molar-refractivity contribution in [3.8, 4) is 0 Å². The lowest BCUT2D eigenvalue weighted by molar-refractivity contribution is -0.149. The molecule has 2 heterocycles. The van der Waals surface area contributed by atoms with Crippen molar-refractivity contribution in [2.75, 3.05) is 13.1 Å². The van der Waals surface area contributed by atoms with Crippen LogP contribution < -0.4 is 5.32 Å². The first-order valence-electron chi connectivity index (χ1n) is 7.92. The van der Waals surface area contributed by atoms with Gasteiger partial charge in [0.1, 0.15) is 6.04 Å². The van der Waals surface area contributed by atoms with Gasteiger partial charge in [0, 0.05) is 19.5 Å². The van der Waals surface area contributed by atoms with Crippen molar-refractivity contribution in [2.24, 2.45) is 11.8 Å². The van der Waals surface area contributed by atoms with E-state index in [0.717, 1.165) is 19.3 Å². The molecule has 3 atom stereocenters. The summed E-state index contributed by atoms with van der Waals surface area (Å²) >= 11 is 1.35. The van der Waals surface area contributed by atoms with Crippen LogP contribution in [0.4, 0.5) is 0 Å². The third-order valence-corrected chi connectivity index (χ3v) is 5.70. The van der Waals surface area contributed by atoms with Crippen LogP contribution in [0.2, 0.25) is 0 Å². The van der Waals surface area contributed by atoms with Gasteiger partial charge >= 0.3 is 5.97 Å². The number of hydrogen-bond donors (Lipinski definition) is 2. The van der Waals surface area contributed by atoms with Gasteiger partial charge in [-0.1, -0.05) is 12.5 Å². The molecule has 0 spiro atoms. The first-order chi connectivity index (χ1) is 11.1. The normalized spacial score (nSPS) is 26.1. The van der Waals surface area contributed by atoms with E-state index in [0.29, 0.717) is 17.3 Å². The highest BCUT2D eigenvalue weighted by molar-refractivity contribution is 7.12. The van der Waals surface area contributed by atoms with Crippen LogP contribution in [0.5, 0.6) is 0 Å². The molecular weight excluding hydrogens is 316 g/mol. The first kappa shape index (κ1) is 16.0. The Morgan fingerprint density at radius 2 is 2.17 bits per heavy atom. The first-order valence-corrected chi connectivity index (χ1v) is 8.80. The highest BCUT2D eigenvalue weighted by Crippen LogP contribution is 2.42. The second-order valence-electron chi connectivity index (χ2n) is 6.17. The van der Waals surface area contributed by atoms with Gasteiger partial charge in [-0.2, -0.15) is 0 Å². The zero-order chi connectivity index (χ0) is 16.4. The van der Waals surface area contributed by atoms with Crippen LogP contribution >= 0.6 is 11.3 Å². The molecule has 1 aliphatic heterocycles. The summed E-state index contributed by atoms with van der Waals surface area (Å²) in [4.78, 5) is 37.8. The van der Waals surface area contributed by atoms with Crippen LogP contribution in [0.15, 0.2) is 17.5 Å². The van der Waals surface area contributed by atoms with Crippen LogP contribution in [-0.4, -0.2) is 46.9 Å². The minimum Gasteiger partial charge on any atom is -0.480 e. The Balaban J connectivity index is 1.53. The van der Waals surface area contributed by atoms with Crippen molar-refractivity contribution in [1.82, 2.24) is 10.2 Å². The Labute approximate surface area is 138 Å². The molecule has 6 nitrogen and oxygen atoms in total. The Morgan fingerprint density at radius 3 is 2.87 bits per heavy atom. The number of likely N-dealkylation sites (tertiary alicyclic amines) is 1. The average Bonchev–Trinajstić information content (AvgIpc) is 3.22. The Kier molecular flexibility index (Phi) is 4.66. The highest BCUT2D eigenvalue weighted by atomic mass is 32.1. The number of nitrogens with one attached hydrogen (secondary N) is 1. The predicted molar refractivity (Wildman–Crippen MR) is 85.2 cm³/mol. The molecule has 23 heavy (non-hydrogen) atoms. The maximum atomic E-state index is 12.4. The SMILES string of the molecule is O=C(NCCC(=O)N1CC2CCCC2C1C(=O)O)c1cccs1. The molecule has 2 N–H and O–H groups in total. The van der Waals surface area contributed by atoms with Gasteiger partial charge in [0.2, 0.25) is 5.91 Å². The number of rotatable bonds is 5. The van der Waals surface area contributed by atoms with Gasteiger partial charge in [-0.25, -0.2) is 4.79 Å². The molecule has 7 heteroatoms. The molecule has 2 amide bonds. The molecule has 2 fully saturated rings. The topological polar surface area (TPSA) is 86.7 Å². The van der Waals surface area contributed by atoms with Crippen molar-refractivity contribution >= 4 is 29.1 Å². The fourth-order valence-electron chi connectivity index (χ4n) is 3.80. The molecule has 0 aromatic carbocycles. The molecular formula is C16H20N2O4S. The summed E-state index contributed by atoms with van der Waals surface area (Å²) in [6.07, 6.45) is 3.09. The summed E-state index contributed by atoms with van der Waals surface area (Å²) in [5.74, 6) is -0.868. The molecule has 1 aliphatic carbocycles. The number of aliphatic carboxylic acids is 1. The van der Waals surface area contributed by atoms with Gasteiger partial charge in [0.25, 0.3) is 5.91 Å². The monoisotopic (exact) mass is 336 g/mol. The smallest absolute Gasteiger partial charge is 0.326 e. The molecule has 3 unspecified atom stereocenters. The molecule has 1 aromatic heterocycles. The lowest BCUT2D eigenvalue weighted by atomic mass is 9.94. The quantitative estimate of drug-likeness (QED) is 0.855. The fourth-order valence-corrected chi connectivity index (χ4v) is 4.44. The maximum absolute atomic E-state index is 12.4. The summed E-state index contributed by atoms with van der Waals surface area (Å²) in [6.45, 7) is 0.771. The summed E-state index contributed by atoms with van der Waals surface area (Å²) in [7, 11) is 0. The average molecular weight is 336 g/mol. The van der Waals surface area contributed by atoms with Crippen molar-refractivity contribution in [3.05, 3.63) is 22.4 Å². The van der Waals surface area contributed by atoms with E-state index in [1.165, 1.54) is 16.2 Å². The largest absolute Gasteiger partial charge is 0.480 e. The van der Waals surface area contributed by atoms with Crippen molar-refractivity contribution in [1.29, 1.82) is 0 Å². The van der Waals surface area contributed by atoms with Crippen molar-refractivity contribution < 1.29 is 19.5 Å². The van der Waals surface area contributed by atoms with Crippen molar-refractivity contribution in [3.63, 3.8) is 0 Å². The van der Waals surface area contributed by atoms with E-state index >= 15 is 0 Å². The minimum atomic E-state index is -0.907. The molecule has 0 bridgehead atoms. The molecule has 2 aliphatic rings. The molecule has 0 radical (unpaired) electrons. The number of nitrogens with zero attached hydrogens (tertiary/aromatic N) is 1. The van der Waals surface area contributed by atoms with Crippen LogP contribution in [0, 0.1) is 11.8 Å². The third kappa shape index (κ3) is 3.24. The van der Waals surface area contributed by atoms with Gasteiger partial charge in [0.15, 0.2) is 0 Å². The molecule has 124 valence electrons. The zero-order valence-corrected chi connectivity index (χ0v) is 13.6. The van der Waals surface area contributed by atoms with Gasteiger partial charge in [0.05, 0.1) is 4.88 Å². The Morgan fingerprint density at radius 1 is 1.35 bits per heavy atom. The number of hydrogen-bond acceptors (Lipinski definition) is 4. The summed E-state index contributed by atoms with van der Waals surface area (Å²) in [5, 5.41) is 14.0. The second-order valence-corrected chi connectivity index (χ2v) is 7.11. The van der Waals surface area contributed by atoms with Crippen LogP contribution in [0.1, 0.15) is 35.4 Å². The van der Waals surface area contributed by atoms with E-state index < -0.39 is 12.0 Å². The molecule has 1 saturated carbocycles. The number of carbonyl (C=O) groups excluding carboxylic acids is 2. The Hall–Kier alpha value is -1.89. The van der Waals surface area contributed by atoms with Crippen LogP contribution in [0.25, 0.3) is 0 Å². The van der Waals surface area contributed by atoms with E-state index in [1.54, 1.807) is 12.1 Å².